The van der Waals surface area contributed by atoms with Crippen LogP contribution in [0.15, 0.2) is 42.6 Å². The van der Waals surface area contributed by atoms with Gasteiger partial charge in [0.2, 0.25) is 0 Å². The number of hydrogen-bond donors (Lipinski definition) is 1. The lowest BCUT2D eigenvalue weighted by molar-refractivity contribution is 0.320. The average molecular weight is 296 g/mol. The molecule has 4 nitrogen and oxygen atoms in total. The van der Waals surface area contributed by atoms with Gasteiger partial charge in [-0.3, -0.25) is 4.90 Å². The molecule has 22 heavy (non-hydrogen) atoms. The third-order valence-electron chi connectivity index (χ3n) is 4.29. The van der Waals surface area contributed by atoms with E-state index in [2.05, 4.69) is 19.9 Å². The van der Waals surface area contributed by atoms with Gasteiger partial charge in [0, 0.05) is 30.8 Å². The van der Waals surface area contributed by atoms with Gasteiger partial charge in [-0.1, -0.05) is 18.2 Å². The molecule has 112 valence electrons. The highest BCUT2D eigenvalue weighted by Gasteiger charge is 2.26. The van der Waals surface area contributed by atoms with E-state index >= 15 is 0 Å². The van der Waals surface area contributed by atoms with Crippen LogP contribution in [0.5, 0.6) is 0 Å². The topological polar surface area (TPSA) is 44.8 Å². The Morgan fingerprint density at radius 1 is 1.23 bits per heavy atom. The van der Waals surface area contributed by atoms with E-state index < -0.39 is 0 Å². The molecule has 2 aromatic heterocycles. The zero-order valence-electron chi connectivity index (χ0n) is 12.2. The largest absolute Gasteiger partial charge is 0.340 e. The molecule has 4 rings (SSSR count). The van der Waals surface area contributed by atoms with Crippen LogP contribution in [0.4, 0.5) is 4.39 Å². The minimum atomic E-state index is -0.126. The van der Waals surface area contributed by atoms with Crippen molar-refractivity contribution < 1.29 is 4.39 Å². The number of aromatic amines is 1. The molecule has 3 heterocycles. The van der Waals surface area contributed by atoms with E-state index in [-0.39, 0.29) is 5.82 Å². The van der Waals surface area contributed by atoms with Gasteiger partial charge in [0.05, 0.1) is 5.52 Å². The molecule has 1 atom stereocenters. The molecule has 3 aromatic rings. The van der Waals surface area contributed by atoms with E-state index in [0.717, 1.165) is 42.1 Å². The van der Waals surface area contributed by atoms with Crippen molar-refractivity contribution in [2.45, 2.75) is 18.9 Å². The molecule has 1 aliphatic rings. The Kier molecular flexibility index (Phi) is 3.35. The number of benzene rings is 1. The van der Waals surface area contributed by atoms with Gasteiger partial charge in [-0.25, -0.2) is 14.4 Å². The quantitative estimate of drug-likeness (QED) is 0.808. The van der Waals surface area contributed by atoms with Gasteiger partial charge in [0.15, 0.2) is 5.65 Å². The highest BCUT2D eigenvalue weighted by Crippen LogP contribution is 2.27. The summed E-state index contributed by atoms with van der Waals surface area (Å²) in [5.74, 6) is 1.23. The number of pyridine rings is 1. The maximum atomic E-state index is 13.7. The van der Waals surface area contributed by atoms with Crippen molar-refractivity contribution in [1.29, 1.82) is 0 Å². The zero-order valence-corrected chi connectivity index (χ0v) is 12.2. The number of likely N-dealkylation sites (tertiary alicyclic amines) is 1. The fraction of sp³-hybridized carbons (Fsp3) is 0.294. The number of H-pyrrole nitrogens is 1. The normalized spacial score (nSPS) is 19.0. The standard InChI is InChI=1S/C17H17FN4/c18-14-5-2-1-4-12(14)10-22-9-7-13(11-22)16-20-15-6-3-8-19-17(15)21-16/h1-6,8,13H,7,9-11H2,(H,19,20,21)/t13-/m0/s1. The van der Waals surface area contributed by atoms with E-state index in [9.17, 15) is 4.39 Å². The Labute approximate surface area is 128 Å². The molecule has 0 spiro atoms. The number of aromatic nitrogens is 3. The van der Waals surface area contributed by atoms with Crippen molar-refractivity contribution in [3.05, 3.63) is 59.8 Å². The van der Waals surface area contributed by atoms with Gasteiger partial charge >= 0.3 is 0 Å². The lowest BCUT2D eigenvalue weighted by Crippen LogP contribution is -2.20. The first kappa shape index (κ1) is 13.4. The van der Waals surface area contributed by atoms with Crippen LogP contribution in [0.2, 0.25) is 0 Å². The fourth-order valence-electron chi connectivity index (χ4n) is 3.12. The van der Waals surface area contributed by atoms with Gasteiger partial charge in [0.1, 0.15) is 11.6 Å². The molecule has 1 aliphatic heterocycles. The van der Waals surface area contributed by atoms with Crippen molar-refractivity contribution in [3.63, 3.8) is 0 Å². The molecule has 5 heteroatoms. The minimum absolute atomic E-state index is 0.126. The molecule has 0 saturated carbocycles. The maximum absolute atomic E-state index is 13.7. The molecule has 1 N–H and O–H groups in total. The number of fused-ring (bicyclic) bond motifs is 1. The van der Waals surface area contributed by atoms with Crippen LogP contribution in [0.25, 0.3) is 11.2 Å². The summed E-state index contributed by atoms with van der Waals surface area (Å²) in [6.07, 6.45) is 2.79. The molecule has 0 amide bonds. The Balaban J connectivity index is 1.49. The lowest BCUT2D eigenvalue weighted by atomic mass is 10.1. The van der Waals surface area contributed by atoms with Crippen LogP contribution < -0.4 is 0 Å². The van der Waals surface area contributed by atoms with Crippen molar-refractivity contribution >= 4 is 11.2 Å². The van der Waals surface area contributed by atoms with Crippen LogP contribution in [-0.4, -0.2) is 32.9 Å². The lowest BCUT2D eigenvalue weighted by Gasteiger charge is -2.15. The summed E-state index contributed by atoms with van der Waals surface area (Å²) in [4.78, 5) is 14.5. The maximum Gasteiger partial charge on any atom is 0.177 e. The van der Waals surface area contributed by atoms with Gasteiger partial charge < -0.3 is 4.98 Å². The van der Waals surface area contributed by atoms with E-state index in [4.69, 9.17) is 0 Å². The molecule has 1 fully saturated rings. The van der Waals surface area contributed by atoms with Crippen LogP contribution in [0.3, 0.4) is 0 Å². The van der Waals surface area contributed by atoms with E-state index in [1.165, 1.54) is 6.07 Å². The number of nitrogens with one attached hydrogen (secondary N) is 1. The second kappa shape index (κ2) is 5.50. The first-order chi connectivity index (χ1) is 10.8. The summed E-state index contributed by atoms with van der Waals surface area (Å²) in [7, 11) is 0. The first-order valence-corrected chi connectivity index (χ1v) is 7.56. The molecule has 0 unspecified atom stereocenters. The first-order valence-electron chi connectivity index (χ1n) is 7.56. The highest BCUT2D eigenvalue weighted by molar-refractivity contribution is 5.70. The number of hydrogen-bond acceptors (Lipinski definition) is 3. The van der Waals surface area contributed by atoms with Crippen molar-refractivity contribution in [3.8, 4) is 0 Å². The van der Waals surface area contributed by atoms with Crippen LogP contribution in [-0.2, 0) is 6.54 Å². The highest BCUT2D eigenvalue weighted by atomic mass is 19.1. The fourth-order valence-corrected chi connectivity index (χ4v) is 3.12. The predicted octanol–water partition coefficient (Wildman–Crippen LogP) is 3.09. The molecule has 0 radical (unpaired) electrons. The molecular formula is C17H17FN4. The Bertz CT molecular complexity index is 765. The van der Waals surface area contributed by atoms with Gasteiger partial charge in [-0.2, -0.15) is 0 Å². The van der Waals surface area contributed by atoms with Crippen molar-refractivity contribution in [1.82, 2.24) is 19.9 Å². The van der Waals surface area contributed by atoms with Gasteiger partial charge in [0.25, 0.3) is 0 Å². The Hall–Kier alpha value is -2.27. The predicted molar refractivity (Wildman–Crippen MR) is 82.9 cm³/mol. The third kappa shape index (κ3) is 2.48. The van der Waals surface area contributed by atoms with E-state index in [0.29, 0.717) is 12.5 Å². The summed E-state index contributed by atoms with van der Waals surface area (Å²) in [5.41, 5.74) is 2.50. The summed E-state index contributed by atoms with van der Waals surface area (Å²) >= 11 is 0. The van der Waals surface area contributed by atoms with Crippen molar-refractivity contribution in [2.75, 3.05) is 13.1 Å². The Morgan fingerprint density at radius 2 is 2.14 bits per heavy atom. The second-order valence-corrected chi connectivity index (χ2v) is 5.81. The summed E-state index contributed by atoms with van der Waals surface area (Å²) in [6.45, 7) is 2.51. The van der Waals surface area contributed by atoms with Gasteiger partial charge in [-0.15, -0.1) is 0 Å². The summed E-state index contributed by atoms with van der Waals surface area (Å²) in [5, 5.41) is 0. The molecular weight excluding hydrogens is 279 g/mol. The van der Waals surface area contributed by atoms with Crippen molar-refractivity contribution in [2.24, 2.45) is 0 Å². The van der Waals surface area contributed by atoms with Crippen LogP contribution in [0, 0.1) is 5.82 Å². The zero-order chi connectivity index (χ0) is 14.9. The van der Waals surface area contributed by atoms with E-state index in [1.54, 1.807) is 12.3 Å². The minimum Gasteiger partial charge on any atom is -0.340 e. The van der Waals surface area contributed by atoms with Gasteiger partial charge in [-0.05, 0) is 31.2 Å². The summed E-state index contributed by atoms with van der Waals surface area (Å²) in [6, 6.07) is 10.9. The smallest absolute Gasteiger partial charge is 0.177 e. The Morgan fingerprint density at radius 3 is 3.00 bits per heavy atom. The molecule has 1 aromatic carbocycles. The molecule has 0 bridgehead atoms. The second-order valence-electron chi connectivity index (χ2n) is 5.81. The van der Waals surface area contributed by atoms with E-state index in [1.807, 2.05) is 24.3 Å². The number of imidazole rings is 1. The SMILES string of the molecule is Fc1ccccc1CN1CC[C@H](c2nc3ncccc3[nH]2)C1. The third-order valence-corrected chi connectivity index (χ3v) is 4.29. The van der Waals surface area contributed by atoms with Crippen LogP contribution >= 0.6 is 0 Å². The summed E-state index contributed by atoms with van der Waals surface area (Å²) < 4.78 is 13.7. The molecule has 0 aliphatic carbocycles. The number of rotatable bonds is 3. The molecule has 1 saturated heterocycles. The monoisotopic (exact) mass is 296 g/mol. The number of halogens is 1. The van der Waals surface area contributed by atoms with Crippen LogP contribution in [0.1, 0.15) is 23.7 Å². The number of nitrogens with zero attached hydrogens (tertiary/aromatic N) is 3. The average Bonchev–Trinajstić information content (AvgIpc) is 3.15.